The first kappa shape index (κ1) is 11.7. The van der Waals surface area contributed by atoms with Gasteiger partial charge in [0, 0.05) is 16.8 Å². The Kier molecular flexibility index (Phi) is 2.62. The summed E-state index contributed by atoms with van der Waals surface area (Å²) in [5, 5.41) is 1.09. The third kappa shape index (κ3) is 1.68. The van der Waals surface area contributed by atoms with Crippen molar-refractivity contribution in [3.8, 4) is 5.69 Å². The van der Waals surface area contributed by atoms with E-state index in [1.165, 1.54) is 29.8 Å². The van der Waals surface area contributed by atoms with E-state index in [0.717, 1.165) is 23.7 Å². The van der Waals surface area contributed by atoms with E-state index in [0.29, 0.717) is 0 Å². The zero-order valence-electron chi connectivity index (χ0n) is 11.3. The van der Waals surface area contributed by atoms with Crippen molar-refractivity contribution < 1.29 is 4.39 Å². The Balaban J connectivity index is 2.09. The normalized spacial score (nSPS) is 14.4. The molecule has 1 nitrogen and oxygen atoms in total. The van der Waals surface area contributed by atoms with Crippen LogP contribution in [0.25, 0.3) is 16.6 Å². The number of hydrogen-bond acceptors (Lipinski definition) is 0. The van der Waals surface area contributed by atoms with Crippen LogP contribution in [-0.4, -0.2) is 4.57 Å². The molecule has 0 amide bonds. The fraction of sp³-hybridized carbons (Fsp3) is 0.222. The Morgan fingerprint density at radius 2 is 1.70 bits per heavy atom. The number of aryl methyl sites for hydroxylation is 1. The van der Waals surface area contributed by atoms with Crippen LogP contribution in [0.15, 0.2) is 48.5 Å². The minimum absolute atomic E-state index is 0.143. The van der Waals surface area contributed by atoms with E-state index < -0.39 is 0 Å². The quantitative estimate of drug-likeness (QED) is 0.603. The molecule has 2 heteroatoms. The molecule has 0 atom stereocenters. The molecule has 2 aromatic carbocycles. The highest BCUT2D eigenvalue weighted by Crippen LogP contribution is 2.34. The van der Waals surface area contributed by atoms with Gasteiger partial charge in [0.15, 0.2) is 0 Å². The molecule has 3 aromatic rings. The molecule has 1 aliphatic rings. The molecule has 0 bridgehead atoms. The zero-order chi connectivity index (χ0) is 13.5. The van der Waals surface area contributed by atoms with Gasteiger partial charge in [0.05, 0.1) is 5.52 Å². The maximum atomic E-state index is 13.6. The number of nitrogens with zero attached hydrogens (tertiary/aromatic N) is 1. The molecule has 0 saturated heterocycles. The zero-order valence-corrected chi connectivity index (χ0v) is 11.3. The van der Waals surface area contributed by atoms with E-state index >= 15 is 0 Å². The predicted octanol–water partition coefficient (Wildman–Crippen LogP) is 4.65. The van der Waals surface area contributed by atoms with Gasteiger partial charge in [-0.05, 0) is 61.6 Å². The fourth-order valence-electron chi connectivity index (χ4n) is 3.39. The molecule has 0 saturated carbocycles. The number of halogens is 1. The Morgan fingerprint density at radius 1 is 0.900 bits per heavy atom. The summed E-state index contributed by atoms with van der Waals surface area (Å²) in [6.45, 7) is 0. The minimum atomic E-state index is -0.143. The van der Waals surface area contributed by atoms with Crippen molar-refractivity contribution in [1.82, 2.24) is 4.57 Å². The third-order valence-electron chi connectivity index (χ3n) is 4.25. The lowest BCUT2D eigenvalue weighted by molar-refractivity contribution is 0.629. The number of para-hydroxylation sites is 1. The highest BCUT2D eigenvalue weighted by molar-refractivity contribution is 5.87. The second-order valence-electron chi connectivity index (χ2n) is 5.46. The number of benzene rings is 2. The van der Waals surface area contributed by atoms with Gasteiger partial charge in [0.25, 0.3) is 0 Å². The van der Waals surface area contributed by atoms with E-state index in [1.807, 2.05) is 12.1 Å². The van der Waals surface area contributed by atoms with Crippen molar-refractivity contribution >= 4 is 10.9 Å². The maximum Gasteiger partial charge on any atom is 0.123 e. The Labute approximate surface area is 117 Å². The molecule has 4 rings (SSSR count). The molecule has 0 unspecified atom stereocenters. The summed E-state index contributed by atoms with van der Waals surface area (Å²) in [5.74, 6) is -0.143. The van der Waals surface area contributed by atoms with Crippen molar-refractivity contribution in [3.63, 3.8) is 0 Å². The van der Waals surface area contributed by atoms with Crippen LogP contribution >= 0.6 is 0 Å². The molecule has 1 aliphatic carbocycles. The van der Waals surface area contributed by atoms with Crippen LogP contribution < -0.4 is 0 Å². The van der Waals surface area contributed by atoms with Crippen LogP contribution in [0, 0.1) is 5.82 Å². The van der Waals surface area contributed by atoms with E-state index in [2.05, 4.69) is 28.8 Å². The summed E-state index contributed by atoms with van der Waals surface area (Å²) >= 11 is 0. The number of rotatable bonds is 1. The summed E-state index contributed by atoms with van der Waals surface area (Å²) in [7, 11) is 0. The summed E-state index contributed by atoms with van der Waals surface area (Å²) in [6, 6.07) is 15.6. The van der Waals surface area contributed by atoms with Crippen LogP contribution in [0.4, 0.5) is 4.39 Å². The summed E-state index contributed by atoms with van der Waals surface area (Å²) in [4.78, 5) is 0. The number of aromatic nitrogens is 1. The van der Waals surface area contributed by atoms with Crippen LogP contribution in [0.3, 0.4) is 0 Å². The van der Waals surface area contributed by atoms with Gasteiger partial charge in [-0.1, -0.05) is 18.2 Å². The van der Waals surface area contributed by atoms with E-state index in [9.17, 15) is 4.39 Å². The lowest BCUT2D eigenvalue weighted by Gasteiger charge is -2.16. The second kappa shape index (κ2) is 4.48. The van der Waals surface area contributed by atoms with E-state index in [4.69, 9.17) is 0 Å². The average molecular weight is 265 g/mol. The number of fused-ring (bicyclic) bond motifs is 3. The van der Waals surface area contributed by atoms with Crippen LogP contribution in [0.2, 0.25) is 0 Å². The first-order valence-electron chi connectivity index (χ1n) is 7.22. The summed E-state index contributed by atoms with van der Waals surface area (Å²) < 4.78 is 15.9. The topological polar surface area (TPSA) is 4.93 Å². The van der Waals surface area contributed by atoms with Gasteiger partial charge in [-0.2, -0.15) is 0 Å². The monoisotopic (exact) mass is 265 g/mol. The van der Waals surface area contributed by atoms with Crippen molar-refractivity contribution in [2.75, 3.05) is 0 Å². The second-order valence-corrected chi connectivity index (χ2v) is 5.46. The molecule has 20 heavy (non-hydrogen) atoms. The first-order chi connectivity index (χ1) is 9.84. The molecule has 0 radical (unpaired) electrons. The largest absolute Gasteiger partial charge is 0.313 e. The van der Waals surface area contributed by atoms with Gasteiger partial charge in [0.1, 0.15) is 5.82 Å². The Hall–Kier alpha value is -2.09. The predicted molar refractivity (Wildman–Crippen MR) is 79.9 cm³/mol. The van der Waals surface area contributed by atoms with Crippen molar-refractivity contribution in [2.45, 2.75) is 25.7 Å². The lowest BCUT2D eigenvalue weighted by Crippen LogP contribution is -2.06. The maximum absolute atomic E-state index is 13.6. The van der Waals surface area contributed by atoms with Gasteiger partial charge >= 0.3 is 0 Å². The molecule has 1 aromatic heterocycles. The molecule has 100 valence electrons. The fourth-order valence-corrected chi connectivity index (χ4v) is 3.39. The lowest BCUT2D eigenvalue weighted by atomic mass is 9.95. The van der Waals surface area contributed by atoms with Crippen LogP contribution in [-0.2, 0) is 12.8 Å². The Bertz CT molecular complexity index is 771. The van der Waals surface area contributed by atoms with E-state index in [1.54, 1.807) is 12.1 Å². The standard InChI is InChI=1S/C18H16FN/c19-13-10-11-18-16(12-13)15-8-4-5-9-17(15)20(18)14-6-2-1-3-7-14/h1-3,6-7,10-12H,4-5,8-9H2. The molecule has 0 N–H and O–H groups in total. The highest BCUT2D eigenvalue weighted by Gasteiger charge is 2.20. The van der Waals surface area contributed by atoms with Crippen molar-refractivity contribution in [3.05, 3.63) is 65.6 Å². The SMILES string of the molecule is Fc1ccc2c(c1)c1c(n2-c2ccccc2)CCCC1. The smallest absolute Gasteiger partial charge is 0.123 e. The molecule has 0 aliphatic heterocycles. The van der Waals surface area contributed by atoms with Crippen LogP contribution in [0.5, 0.6) is 0 Å². The van der Waals surface area contributed by atoms with E-state index in [-0.39, 0.29) is 5.82 Å². The van der Waals surface area contributed by atoms with Gasteiger partial charge in [0.2, 0.25) is 0 Å². The van der Waals surface area contributed by atoms with Crippen molar-refractivity contribution in [1.29, 1.82) is 0 Å². The van der Waals surface area contributed by atoms with Gasteiger partial charge in [-0.15, -0.1) is 0 Å². The number of hydrogen-bond donors (Lipinski definition) is 0. The average Bonchev–Trinajstić information content (AvgIpc) is 2.82. The first-order valence-corrected chi connectivity index (χ1v) is 7.22. The van der Waals surface area contributed by atoms with Gasteiger partial charge in [-0.3, -0.25) is 0 Å². The van der Waals surface area contributed by atoms with Gasteiger partial charge < -0.3 is 4.57 Å². The van der Waals surface area contributed by atoms with Crippen LogP contribution in [0.1, 0.15) is 24.1 Å². The molecule has 0 spiro atoms. The van der Waals surface area contributed by atoms with Gasteiger partial charge in [-0.25, -0.2) is 4.39 Å². The van der Waals surface area contributed by atoms with Crippen molar-refractivity contribution in [2.24, 2.45) is 0 Å². The highest BCUT2D eigenvalue weighted by atomic mass is 19.1. The summed E-state index contributed by atoms with van der Waals surface area (Å²) in [6.07, 6.45) is 4.58. The third-order valence-corrected chi connectivity index (χ3v) is 4.25. The molecular formula is C18H16FN. The molecule has 1 heterocycles. The molecular weight excluding hydrogens is 249 g/mol. The molecule has 0 fully saturated rings. The minimum Gasteiger partial charge on any atom is -0.313 e. The Morgan fingerprint density at radius 3 is 2.55 bits per heavy atom. The summed E-state index contributed by atoms with van der Waals surface area (Å²) in [5.41, 5.74) is 5.01.